The van der Waals surface area contributed by atoms with E-state index < -0.39 is 10.8 Å². The van der Waals surface area contributed by atoms with Gasteiger partial charge in [0.15, 0.2) is 34.9 Å². The van der Waals surface area contributed by atoms with Crippen molar-refractivity contribution in [1.29, 1.82) is 0 Å². The van der Waals surface area contributed by atoms with Crippen molar-refractivity contribution in [3.63, 3.8) is 0 Å². The number of para-hydroxylation sites is 9. The molecule has 2 spiro atoms. The van der Waals surface area contributed by atoms with Crippen LogP contribution in [0.15, 0.2) is 431 Å². The van der Waals surface area contributed by atoms with Crippen LogP contribution < -0.4 is 19.3 Å². The molecule has 0 saturated carbocycles. The van der Waals surface area contributed by atoms with E-state index in [4.69, 9.17) is 39.4 Å². The summed E-state index contributed by atoms with van der Waals surface area (Å²) in [6, 6.07) is 153. The number of fused-ring (bicyclic) bond motifs is 23. The zero-order valence-electron chi connectivity index (χ0n) is 68.3. The zero-order valence-corrected chi connectivity index (χ0v) is 68.3. The van der Waals surface area contributed by atoms with E-state index in [0.717, 1.165) is 141 Å². The molecule has 0 bridgehead atoms. The first-order valence-electron chi connectivity index (χ1n) is 43.0. The van der Waals surface area contributed by atoms with E-state index in [1.54, 1.807) is 0 Å². The molecule has 18 aromatic carbocycles. The zero-order chi connectivity index (χ0) is 83.4. The summed E-state index contributed by atoms with van der Waals surface area (Å²) in [5.41, 5.74) is 31.7. The van der Waals surface area contributed by atoms with Gasteiger partial charge in [-0.3, -0.25) is 0 Å². The molecule has 0 amide bonds. The molecule has 127 heavy (non-hydrogen) atoms. The Labute approximate surface area is 732 Å². The molecular formula is C116H71N9O2. The third-order valence-electron chi connectivity index (χ3n) is 26.4. The molecular weight excluding hydrogens is 1550 g/mol. The van der Waals surface area contributed by atoms with Gasteiger partial charge in [-0.1, -0.05) is 322 Å². The fourth-order valence-electron chi connectivity index (χ4n) is 20.8. The minimum absolute atomic E-state index is 0.510. The average molecular weight is 1620 g/mol. The number of aromatic nitrogens is 7. The van der Waals surface area contributed by atoms with Crippen LogP contribution in [0.5, 0.6) is 23.0 Å². The van der Waals surface area contributed by atoms with Gasteiger partial charge in [0.25, 0.3) is 0 Å². The van der Waals surface area contributed by atoms with Crippen LogP contribution in [-0.4, -0.2) is 34.5 Å². The Balaban J connectivity index is 0.564. The van der Waals surface area contributed by atoms with Crippen LogP contribution in [0, 0.1) is 0 Å². The fourth-order valence-corrected chi connectivity index (χ4v) is 20.8. The molecule has 11 heteroatoms. The molecule has 0 radical (unpaired) electrons. The van der Waals surface area contributed by atoms with Crippen molar-refractivity contribution in [3.05, 3.63) is 475 Å². The summed E-state index contributed by atoms with van der Waals surface area (Å²) in [6.07, 6.45) is 0. The van der Waals surface area contributed by atoms with E-state index in [-0.39, 0.29) is 0 Å². The van der Waals surface area contributed by atoms with Gasteiger partial charge in [0.05, 0.1) is 44.6 Å². The van der Waals surface area contributed by atoms with Crippen molar-refractivity contribution >= 4 is 55.9 Å². The third kappa shape index (κ3) is 11.0. The molecule has 11 nitrogen and oxygen atoms in total. The Morgan fingerprint density at radius 2 is 0.433 bits per heavy atom. The molecule has 21 aromatic rings. The van der Waals surface area contributed by atoms with Crippen LogP contribution in [0.25, 0.3) is 140 Å². The van der Waals surface area contributed by atoms with Crippen molar-refractivity contribution < 1.29 is 9.47 Å². The predicted octanol–water partition coefficient (Wildman–Crippen LogP) is 28.7. The summed E-state index contributed by atoms with van der Waals surface area (Å²) in [4.78, 5) is 37.1. The van der Waals surface area contributed by atoms with Crippen molar-refractivity contribution in [2.24, 2.45) is 0 Å². The molecule has 3 aromatic heterocycles. The molecule has 26 rings (SSSR count). The van der Waals surface area contributed by atoms with E-state index in [1.807, 2.05) is 0 Å². The van der Waals surface area contributed by atoms with E-state index in [9.17, 15) is 0 Å². The van der Waals surface area contributed by atoms with Crippen LogP contribution in [-0.2, 0) is 10.8 Å². The molecule has 6 heterocycles. The Hall–Kier alpha value is -17.0. The highest BCUT2D eigenvalue weighted by molar-refractivity contribution is 6.09. The topological polar surface area (TPSA) is 107 Å². The highest BCUT2D eigenvalue weighted by atomic mass is 16.5. The van der Waals surface area contributed by atoms with Crippen LogP contribution in [0.1, 0.15) is 44.5 Å². The SMILES string of the molecule is c1ccc(N2c3ccccc3N(c3ccc(-c4nc(-c5ccc(-c6ccc(-c7nc(-c8ccc(-c9ccc(-n%10c%11ccccc%11c%11ccccc%11%10)cc9)cc8)nc(-c8ccc9c(c8)Oc8ccccc8C98c9ccccc9-c9ccccc98)n7)cc6)cc5)nc(-c5ccc6c(c5)Oc5ccccc5C65c6ccccc6-c6ccccc65)n4)cc3)c3ccccc32)cc1. The highest BCUT2D eigenvalue weighted by Gasteiger charge is 2.53. The summed E-state index contributed by atoms with van der Waals surface area (Å²) >= 11 is 0. The van der Waals surface area contributed by atoms with Gasteiger partial charge in [-0.25, -0.2) is 29.9 Å². The lowest BCUT2D eigenvalue weighted by molar-refractivity contribution is 0.436. The molecule has 5 aliphatic rings. The Morgan fingerprint density at radius 3 is 0.803 bits per heavy atom. The summed E-state index contributed by atoms with van der Waals surface area (Å²) in [6.45, 7) is 0. The molecule has 3 aliphatic heterocycles. The summed E-state index contributed by atoms with van der Waals surface area (Å²) in [7, 11) is 0. The average Bonchev–Trinajstić information content (AvgIpc) is 1.54. The number of anilines is 6. The smallest absolute Gasteiger partial charge is 0.164 e. The first-order chi connectivity index (χ1) is 62.9. The lowest BCUT2D eigenvalue weighted by Gasteiger charge is -2.40. The van der Waals surface area contributed by atoms with Gasteiger partial charge in [0, 0.05) is 83.5 Å². The molecule has 0 unspecified atom stereocenters. The van der Waals surface area contributed by atoms with Gasteiger partial charge >= 0.3 is 0 Å². The van der Waals surface area contributed by atoms with Gasteiger partial charge in [-0.15, -0.1) is 0 Å². The lowest BCUT2D eigenvalue weighted by atomic mass is 9.66. The second kappa shape index (κ2) is 28.3. The summed E-state index contributed by atoms with van der Waals surface area (Å²) < 4.78 is 16.5. The van der Waals surface area contributed by atoms with Crippen molar-refractivity contribution in [3.8, 4) is 142 Å². The van der Waals surface area contributed by atoms with E-state index in [1.165, 1.54) is 66.3 Å². The summed E-state index contributed by atoms with van der Waals surface area (Å²) in [5, 5.41) is 2.47. The Kier molecular flexibility index (Phi) is 16.0. The molecule has 592 valence electrons. The number of hydrogen-bond donors (Lipinski definition) is 0. The van der Waals surface area contributed by atoms with Crippen LogP contribution in [0.4, 0.5) is 34.1 Å². The third-order valence-corrected chi connectivity index (χ3v) is 26.4. The first-order valence-corrected chi connectivity index (χ1v) is 43.0. The quantitative estimate of drug-likeness (QED) is 0.124. The molecule has 0 fully saturated rings. The van der Waals surface area contributed by atoms with Crippen molar-refractivity contribution in [1.82, 2.24) is 34.5 Å². The molecule has 0 N–H and O–H groups in total. The van der Waals surface area contributed by atoms with Crippen LogP contribution >= 0.6 is 0 Å². The number of ether oxygens (including phenoxy) is 2. The molecule has 0 atom stereocenters. The van der Waals surface area contributed by atoms with Gasteiger partial charge in [-0.05, 0) is 176 Å². The van der Waals surface area contributed by atoms with E-state index >= 15 is 0 Å². The van der Waals surface area contributed by atoms with Crippen molar-refractivity contribution in [2.75, 3.05) is 9.80 Å². The van der Waals surface area contributed by atoms with E-state index in [0.29, 0.717) is 34.9 Å². The monoisotopic (exact) mass is 1620 g/mol. The normalized spacial score (nSPS) is 13.4. The van der Waals surface area contributed by atoms with Crippen LogP contribution in [0.2, 0.25) is 0 Å². The largest absolute Gasteiger partial charge is 0.457 e. The van der Waals surface area contributed by atoms with E-state index in [2.05, 4.69) is 445 Å². The fraction of sp³-hybridized carbons (Fsp3) is 0.0172. The maximum atomic E-state index is 7.08. The lowest BCUT2D eigenvalue weighted by Crippen LogP contribution is -2.32. The van der Waals surface area contributed by atoms with Crippen LogP contribution in [0.3, 0.4) is 0 Å². The van der Waals surface area contributed by atoms with Gasteiger partial charge in [-0.2, -0.15) is 0 Å². The number of rotatable bonds is 11. The van der Waals surface area contributed by atoms with Gasteiger partial charge in [0.1, 0.15) is 23.0 Å². The highest BCUT2D eigenvalue weighted by Crippen LogP contribution is 2.65. The standard InChI is InChI=1S/C116H71N9O2/c1-2-24-82(25-3-1)124-101-40-18-20-42-103(101)125(104-43-21-19-41-102(104)124)84-66-60-79(61-67-84)112-118-111(121-114(122-112)81-63-69-98-108(71-81)127-106-45-23-15-37-96(106)116(98)93-34-12-6-28-87(93)88-29-7-13-35-94(88)116)77-54-48-73(49-55-77)72-46-52-76(53-47-72)109-117-110(78-56-50-74(51-57-78)75-58-64-83(65-59-75)123-99-38-16-8-30-89(99)90-31-9-17-39-100(90)123)120-113(119-109)80-62-68-97-107(70-80)126-105-44-22-14-36-95(105)115(97)91-32-10-4-26-85(91)86-27-5-11-33-92(86)115/h1-71H. The van der Waals surface area contributed by atoms with Crippen molar-refractivity contribution in [2.45, 2.75) is 10.8 Å². The second-order valence-electron chi connectivity index (χ2n) is 33.1. The first kappa shape index (κ1) is 71.7. The number of nitrogens with zero attached hydrogens (tertiary/aromatic N) is 9. The maximum Gasteiger partial charge on any atom is 0.164 e. The number of hydrogen-bond acceptors (Lipinski definition) is 10. The second-order valence-corrected chi connectivity index (χ2v) is 33.1. The molecule has 0 saturated heterocycles. The Bertz CT molecular complexity index is 7900. The number of benzene rings is 18. The predicted molar refractivity (Wildman–Crippen MR) is 509 cm³/mol. The molecule has 2 aliphatic carbocycles. The summed E-state index contributed by atoms with van der Waals surface area (Å²) in [5.74, 6) is 6.25. The minimum Gasteiger partial charge on any atom is -0.457 e. The Morgan fingerprint density at radius 1 is 0.181 bits per heavy atom. The van der Waals surface area contributed by atoms with Gasteiger partial charge < -0.3 is 23.8 Å². The van der Waals surface area contributed by atoms with Gasteiger partial charge in [0.2, 0.25) is 0 Å². The maximum absolute atomic E-state index is 7.08. The minimum atomic E-state index is -0.636.